The topological polar surface area (TPSA) is 72.7 Å². The zero-order valence-electron chi connectivity index (χ0n) is 16.0. The predicted octanol–water partition coefficient (Wildman–Crippen LogP) is 5.76. The van der Waals surface area contributed by atoms with E-state index in [0.717, 1.165) is 53.6 Å². The van der Waals surface area contributed by atoms with E-state index in [-0.39, 0.29) is 5.91 Å². The number of aryl methyl sites for hydroxylation is 1. The van der Waals surface area contributed by atoms with Crippen LogP contribution >= 0.6 is 34.3 Å². The molecule has 0 bridgehead atoms. The lowest BCUT2D eigenvalue weighted by atomic mass is 10.1. The quantitative estimate of drug-likeness (QED) is 0.424. The highest BCUT2D eigenvalue weighted by atomic mass is 35.5. The van der Waals surface area contributed by atoms with Crippen molar-refractivity contribution in [3.05, 3.63) is 56.9 Å². The first-order valence-corrected chi connectivity index (χ1v) is 11.9. The molecule has 0 fully saturated rings. The highest BCUT2D eigenvalue weighted by Crippen LogP contribution is 2.32. The van der Waals surface area contributed by atoms with Crippen LogP contribution in [0.4, 0.5) is 5.69 Å². The summed E-state index contributed by atoms with van der Waals surface area (Å²) in [6, 6.07) is 7.42. The van der Waals surface area contributed by atoms with E-state index in [9.17, 15) is 4.79 Å². The zero-order chi connectivity index (χ0) is 20.5. The number of aromatic nitrogens is 4. The van der Waals surface area contributed by atoms with Crippen LogP contribution in [-0.2, 0) is 13.0 Å². The number of halogens is 1. The molecule has 4 aromatic rings. The average Bonchev–Trinajstić information content (AvgIpc) is 3.48. The number of nitrogens with zero attached hydrogens (tertiary/aromatic N) is 4. The van der Waals surface area contributed by atoms with Gasteiger partial charge in [0.1, 0.15) is 16.5 Å². The van der Waals surface area contributed by atoms with Crippen LogP contribution in [0.5, 0.6) is 0 Å². The van der Waals surface area contributed by atoms with Gasteiger partial charge in [0.25, 0.3) is 5.91 Å². The number of rotatable bonds is 4. The normalized spacial score (nSPS) is 13.6. The van der Waals surface area contributed by atoms with Crippen molar-refractivity contribution >= 4 is 45.9 Å². The number of anilines is 1. The van der Waals surface area contributed by atoms with Gasteiger partial charge in [0.15, 0.2) is 5.82 Å². The van der Waals surface area contributed by atoms with Crippen molar-refractivity contribution in [1.82, 2.24) is 19.7 Å². The van der Waals surface area contributed by atoms with Gasteiger partial charge in [-0.15, -0.1) is 21.5 Å². The Hall–Kier alpha value is -2.55. The van der Waals surface area contributed by atoms with Gasteiger partial charge in [-0.3, -0.25) is 4.79 Å². The van der Waals surface area contributed by atoms with Crippen molar-refractivity contribution in [2.75, 3.05) is 5.32 Å². The largest absolute Gasteiger partial charge is 0.321 e. The Bertz CT molecular complexity index is 1200. The Kier molecular flexibility index (Phi) is 5.37. The molecule has 0 saturated heterocycles. The minimum atomic E-state index is -0.249. The molecule has 152 valence electrons. The summed E-state index contributed by atoms with van der Waals surface area (Å²) in [6.07, 6.45) is 4.34. The summed E-state index contributed by atoms with van der Waals surface area (Å²) in [5.74, 6) is 1.50. The van der Waals surface area contributed by atoms with Crippen molar-refractivity contribution in [3.63, 3.8) is 0 Å². The highest BCUT2D eigenvalue weighted by molar-refractivity contribution is 7.14. The second-order valence-electron chi connectivity index (χ2n) is 7.10. The summed E-state index contributed by atoms with van der Waals surface area (Å²) in [5, 5.41) is 18.9. The Morgan fingerprint density at radius 1 is 1.13 bits per heavy atom. The van der Waals surface area contributed by atoms with E-state index in [2.05, 4.69) is 25.1 Å². The summed E-state index contributed by atoms with van der Waals surface area (Å²) in [7, 11) is 0. The van der Waals surface area contributed by atoms with Gasteiger partial charge in [-0.25, -0.2) is 4.98 Å². The molecule has 0 unspecified atom stereocenters. The first-order chi connectivity index (χ1) is 14.7. The van der Waals surface area contributed by atoms with E-state index in [0.29, 0.717) is 16.4 Å². The van der Waals surface area contributed by atoms with Crippen LogP contribution in [0.25, 0.3) is 22.0 Å². The smallest absolute Gasteiger partial charge is 0.275 e. The molecule has 1 aliphatic heterocycles. The van der Waals surface area contributed by atoms with Crippen molar-refractivity contribution in [2.45, 2.75) is 32.2 Å². The van der Waals surface area contributed by atoms with E-state index in [1.54, 1.807) is 28.8 Å². The Morgan fingerprint density at radius 2 is 2.07 bits per heavy atom. The van der Waals surface area contributed by atoms with Gasteiger partial charge in [-0.2, -0.15) is 11.3 Å². The molecule has 1 N–H and O–H groups in total. The number of thiazole rings is 1. The fourth-order valence-electron chi connectivity index (χ4n) is 3.55. The second-order valence-corrected chi connectivity index (χ2v) is 9.15. The summed E-state index contributed by atoms with van der Waals surface area (Å²) in [4.78, 5) is 17.2. The van der Waals surface area contributed by atoms with Crippen LogP contribution in [0, 0.1) is 0 Å². The molecular formula is C21H18ClN5OS2. The molecule has 1 amide bonds. The molecule has 3 aromatic heterocycles. The molecule has 0 aliphatic carbocycles. The van der Waals surface area contributed by atoms with Gasteiger partial charge in [0.2, 0.25) is 0 Å². The van der Waals surface area contributed by atoms with Gasteiger partial charge < -0.3 is 9.88 Å². The lowest BCUT2D eigenvalue weighted by molar-refractivity contribution is 0.102. The van der Waals surface area contributed by atoms with Gasteiger partial charge in [0, 0.05) is 40.5 Å². The second kappa shape index (κ2) is 8.29. The molecule has 1 aliphatic rings. The van der Waals surface area contributed by atoms with Crippen LogP contribution < -0.4 is 5.32 Å². The summed E-state index contributed by atoms with van der Waals surface area (Å²) in [6.45, 7) is 0.884. The maximum atomic E-state index is 12.7. The Labute approximate surface area is 186 Å². The SMILES string of the molecule is O=C(Nc1ccc(Cl)c(-c2nnc3n2CCCCC3)c1)c1csc(-c2ccsc2)n1. The minimum Gasteiger partial charge on any atom is -0.321 e. The number of carbonyl (C=O) groups is 1. The molecule has 30 heavy (non-hydrogen) atoms. The van der Waals surface area contributed by atoms with Crippen molar-refractivity contribution < 1.29 is 4.79 Å². The first-order valence-electron chi connectivity index (χ1n) is 9.70. The number of fused-ring (bicyclic) bond motifs is 1. The fourth-order valence-corrected chi connectivity index (χ4v) is 5.26. The number of hydrogen-bond acceptors (Lipinski definition) is 6. The van der Waals surface area contributed by atoms with Crippen LogP contribution in [0.15, 0.2) is 40.4 Å². The summed E-state index contributed by atoms with van der Waals surface area (Å²) >= 11 is 9.55. The fraction of sp³-hybridized carbons (Fsp3) is 0.238. The number of thiophene rings is 1. The maximum absolute atomic E-state index is 12.7. The van der Waals surface area contributed by atoms with Crippen molar-refractivity contribution in [1.29, 1.82) is 0 Å². The van der Waals surface area contributed by atoms with Crippen LogP contribution in [0.3, 0.4) is 0 Å². The van der Waals surface area contributed by atoms with Crippen molar-refractivity contribution in [3.8, 4) is 22.0 Å². The molecule has 0 atom stereocenters. The van der Waals surface area contributed by atoms with E-state index < -0.39 is 0 Å². The summed E-state index contributed by atoms with van der Waals surface area (Å²) < 4.78 is 2.15. The van der Waals surface area contributed by atoms with E-state index >= 15 is 0 Å². The van der Waals surface area contributed by atoms with Crippen molar-refractivity contribution in [2.24, 2.45) is 0 Å². The standard InChI is InChI=1S/C21H18ClN5OS2/c22-16-6-5-14(10-15(16)19-26-25-18-4-2-1-3-8-27(18)19)23-20(28)17-12-30-21(24-17)13-7-9-29-11-13/h5-7,9-12H,1-4,8H2,(H,23,28). The Morgan fingerprint density at radius 3 is 2.93 bits per heavy atom. The van der Waals surface area contributed by atoms with Gasteiger partial charge in [-0.05, 0) is 42.5 Å². The minimum absolute atomic E-state index is 0.249. The molecule has 0 spiro atoms. The number of carbonyl (C=O) groups excluding carboxylic acids is 1. The molecule has 4 heterocycles. The highest BCUT2D eigenvalue weighted by Gasteiger charge is 2.19. The average molecular weight is 456 g/mol. The van der Waals surface area contributed by atoms with E-state index in [1.165, 1.54) is 17.8 Å². The van der Waals surface area contributed by atoms with Crippen LogP contribution in [-0.4, -0.2) is 25.7 Å². The van der Waals surface area contributed by atoms with Gasteiger partial charge >= 0.3 is 0 Å². The Balaban J connectivity index is 1.40. The molecule has 0 saturated carbocycles. The lowest BCUT2D eigenvalue weighted by Gasteiger charge is -2.10. The van der Waals surface area contributed by atoms with E-state index in [4.69, 9.17) is 11.6 Å². The molecule has 6 nitrogen and oxygen atoms in total. The van der Waals surface area contributed by atoms with Crippen LogP contribution in [0.2, 0.25) is 5.02 Å². The maximum Gasteiger partial charge on any atom is 0.275 e. The molecule has 1 aromatic carbocycles. The third-order valence-corrected chi connectivity index (χ3v) is 6.98. The number of benzene rings is 1. The predicted molar refractivity (Wildman–Crippen MR) is 121 cm³/mol. The third kappa shape index (κ3) is 3.78. The third-order valence-electron chi connectivity index (χ3n) is 5.08. The molecule has 9 heteroatoms. The molecule has 5 rings (SSSR count). The lowest BCUT2D eigenvalue weighted by Crippen LogP contribution is -2.12. The van der Waals surface area contributed by atoms with Gasteiger partial charge in [-0.1, -0.05) is 18.0 Å². The summed E-state index contributed by atoms with van der Waals surface area (Å²) in [5.41, 5.74) is 2.85. The number of amides is 1. The molecule has 0 radical (unpaired) electrons. The number of nitrogens with one attached hydrogen (secondary N) is 1. The number of hydrogen-bond donors (Lipinski definition) is 1. The first kappa shape index (κ1) is 19.4. The van der Waals surface area contributed by atoms with Gasteiger partial charge in [0.05, 0.1) is 5.02 Å². The zero-order valence-corrected chi connectivity index (χ0v) is 18.4. The monoisotopic (exact) mass is 455 g/mol. The van der Waals surface area contributed by atoms with E-state index in [1.807, 2.05) is 22.9 Å². The van der Waals surface area contributed by atoms with Crippen LogP contribution in [0.1, 0.15) is 35.6 Å². The molecular weight excluding hydrogens is 438 g/mol.